The lowest BCUT2D eigenvalue weighted by Crippen LogP contribution is -2.46. The number of unbranched alkanes of at least 4 members (excludes halogenated alkanes) is 8. The molecule has 0 aliphatic carbocycles. The fraction of sp³-hybridized carbons (Fsp3) is 0.743. The average molecular weight is 962 g/mol. The van der Waals surface area contributed by atoms with E-state index in [4.69, 9.17) is 19.5 Å². The second kappa shape index (κ2) is 25.9. The number of rotatable bonds is 31. The number of aliphatic hydroxyl groups excluding tert-OH is 2. The second-order valence-corrected chi connectivity index (χ2v) is 20.7. The number of carbonyl (C=O) groups excluding carboxylic acids is 2. The summed E-state index contributed by atoms with van der Waals surface area (Å²) in [6, 6.07) is 0. The van der Waals surface area contributed by atoms with Crippen LogP contribution in [0.3, 0.4) is 0 Å². The van der Waals surface area contributed by atoms with Crippen molar-refractivity contribution in [2.24, 2.45) is 5.41 Å². The number of imidazole rings is 1. The van der Waals surface area contributed by atoms with Crippen molar-refractivity contribution in [3.05, 3.63) is 24.8 Å². The number of aliphatic hydroxyl groups is 2. The van der Waals surface area contributed by atoms with E-state index >= 15 is 0 Å². The Hall–Kier alpha value is -2.37. The van der Waals surface area contributed by atoms with Gasteiger partial charge in [0.05, 0.1) is 19.5 Å². The summed E-state index contributed by atoms with van der Waals surface area (Å²) >= 11 is 1.76. The molecule has 1 aliphatic rings. The SMILES string of the molecule is CCCCC=CCCCCCCCCSCCNC(=O)CCNC(=O)C(O)C(C)(C)COP(=O)(O)OP(=O)(O)OC[C@H]1O[C@@H](n2cnc3c(N)ncnc32)[C@H](O)[C@@H]1OP(=O)(O)O. The third kappa shape index (κ3) is 19.0. The van der Waals surface area contributed by atoms with Gasteiger partial charge >= 0.3 is 23.5 Å². The van der Waals surface area contributed by atoms with Crippen LogP contribution in [-0.4, -0.2) is 123 Å². The third-order valence-electron chi connectivity index (χ3n) is 9.45. The minimum absolute atomic E-state index is 0.0329. The van der Waals surface area contributed by atoms with Crippen molar-refractivity contribution in [3.8, 4) is 0 Å². The first-order valence-electron chi connectivity index (χ1n) is 20.3. The summed E-state index contributed by atoms with van der Waals surface area (Å²) in [5, 5.41) is 26.7. The molecule has 1 fully saturated rings. The van der Waals surface area contributed by atoms with Crippen LogP contribution in [0.1, 0.15) is 97.6 Å². The van der Waals surface area contributed by atoms with Gasteiger partial charge in [-0.05, 0) is 31.4 Å². The molecule has 2 amide bonds. The average Bonchev–Trinajstić information content (AvgIpc) is 3.75. The fourth-order valence-electron chi connectivity index (χ4n) is 6.04. The number of ether oxygens (including phenoxy) is 1. The summed E-state index contributed by atoms with van der Waals surface area (Å²) in [5.74, 6) is 0.503. The zero-order valence-electron chi connectivity index (χ0n) is 35.1. The smallest absolute Gasteiger partial charge is 0.386 e. The molecule has 0 radical (unpaired) electrons. The van der Waals surface area contributed by atoms with E-state index in [1.54, 1.807) is 11.8 Å². The highest BCUT2D eigenvalue weighted by Crippen LogP contribution is 2.61. The van der Waals surface area contributed by atoms with Gasteiger partial charge in [-0.3, -0.25) is 27.7 Å². The van der Waals surface area contributed by atoms with Crippen molar-refractivity contribution in [3.63, 3.8) is 0 Å². The molecule has 0 spiro atoms. The Bertz CT molecular complexity index is 1890. The molecule has 27 heteroatoms. The number of hydrogen-bond donors (Lipinski definition) is 9. The van der Waals surface area contributed by atoms with Crippen molar-refractivity contribution >= 4 is 64.0 Å². The standard InChI is InChI=1S/C35H62N7O16P3S/c1-4-5-6-7-8-9-10-11-12-13-14-15-19-62-20-18-37-26(43)16-17-38-33(46)30(45)35(2,3)22-55-61(52,53)58-60(50,51)54-21-25-29(57-59(47,48)49)28(44)34(56-25)42-24-41-27-31(36)39-23-40-32(27)42/h7-8,23-25,28-30,34,44-45H,4-6,9-22H2,1-3H3,(H,37,43)(H,38,46)(H,50,51)(H,52,53)(H2,36,39,40)(H2,47,48,49)/t25-,28-,29-,30?,34-/m1/s1. The summed E-state index contributed by atoms with van der Waals surface area (Å²) < 4.78 is 62.4. The fourth-order valence-corrected chi connectivity index (χ4v) is 9.72. The first-order valence-corrected chi connectivity index (χ1v) is 26.0. The number of anilines is 1. The van der Waals surface area contributed by atoms with E-state index in [2.05, 4.69) is 53.5 Å². The van der Waals surface area contributed by atoms with Crippen LogP contribution in [0.5, 0.6) is 0 Å². The number of nitrogens with one attached hydrogen (secondary N) is 2. The summed E-state index contributed by atoms with van der Waals surface area (Å²) in [7, 11) is -16.3. The van der Waals surface area contributed by atoms with Gasteiger partial charge in [0, 0.05) is 30.7 Å². The van der Waals surface area contributed by atoms with Gasteiger partial charge in [0.1, 0.15) is 36.3 Å². The Kier molecular flexibility index (Phi) is 22.6. The number of aromatic nitrogens is 4. The van der Waals surface area contributed by atoms with E-state index in [0.29, 0.717) is 6.54 Å². The number of thioether (sulfide) groups is 1. The van der Waals surface area contributed by atoms with Gasteiger partial charge in [-0.1, -0.05) is 71.4 Å². The lowest BCUT2D eigenvalue weighted by atomic mass is 9.87. The topological polar surface area (TPSA) is 347 Å². The monoisotopic (exact) mass is 961 g/mol. The quantitative estimate of drug-likeness (QED) is 0.0296. The van der Waals surface area contributed by atoms with Gasteiger partial charge < -0.3 is 50.9 Å². The molecule has 1 aliphatic heterocycles. The number of phosphoric ester groups is 3. The number of phosphoric acid groups is 3. The van der Waals surface area contributed by atoms with Crippen LogP contribution < -0.4 is 16.4 Å². The lowest BCUT2D eigenvalue weighted by molar-refractivity contribution is -0.137. The van der Waals surface area contributed by atoms with Crippen LogP contribution >= 0.6 is 35.2 Å². The highest BCUT2D eigenvalue weighted by atomic mass is 32.2. The maximum absolute atomic E-state index is 12.7. The summed E-state index contributed by atoms with van der Waals surface area (Å²) in [6.07, 6.45) is 9.97. The molecule has 3 unspecified atom stereocenters. The van der Waals surface area contributed by atoms with Gasteiger partial charge in [0.2, 0.25) is 11.8 Å². The normalized spacial score (nSPS) is 20.9. The molecule has 62 heavy (non-hydrogen) atoms. The van der Waals surface area contributed by atoms with E-state index in [1.165, 1.54) is 65.2 Å². The summed E-state index contributed by atoms with van der Waals surface area (Å²) in [4.78, 5) is 76.0. The maximum Gasteiger partial charge on any atom is 0.481 e. The van der Waals surface area contributed by atoms with Crippen molar-refractivity contribution in [2.75, 3.05) is 43.5 Å². The molecular formula is C35H62N7O16P3S. The van der Waals surface area contributed by atoms with Crippen molar-refractivity contribution in [1.82, 2.24) is 30.2 Å². The van der Waals surface area contributed by atoms with Crippen molar-refractivity contribution in [2.45, 2.75) is 122 Å². The molecule has 3 heterocycles. The number of fused-ring (bicyclic) bond motifs is 1. The molecule has 3 rings (SSSR count). The molecule has 23 nitrogen and oxygen atoms in total. The minimum Gasteiger partial charge on any atom is -0.386 e. The minimum atomic E-state index is -5.55. The summed E-state index contributed by atoms with van der Waals surface area (Å²) in [6.45, 7) is 3.16. The molecule has 0 aromatic carbocycles. The number of hydrogen-bond acceptors (Lipinski definition) is 17. The Morgan fingerprint density at radius 1 is 0.952 bits per heavy atom. The first kappa shape index (κ1) is 54.0. The third-order valence-corrected chi connectivity index (χ3v) is 13.6. The van der Waals surface area contributed by atoms with Crippen LogP contribution in [0.4, 0.5) is 5.82 Å². The summed E-state index contributed by atoms with van der Waals surface area (Å²) in [5.41, 5.74) is 4.34. The molecule has 0 bridgehead atoms. The van der Waals surface area contributed by atoms with Crippen LogP contribution in [0.15, 0.2) is 24.8 Å². The van der Waals surface area contributed by atoms with Crippen molar-refractivity contribution in [1.29, 1.82) is 0 Å². The predicted octanol–water partition coefficient (Wildman–Crippen LogP) is 3.62. The Balaban J connectivity index is 1.35. The predicted molar refractivity (Wildman–Crippen MR) is 228 cm³/mol. The van der Waals surface area contributed by atoms with Gasteiger partial charge in [-0.25, -0.2) is 28.6 Å². The van der Waals surface area contributed by atoms with Gasteiger partial charge in [0.25, 0.3) is 0 Å². The molecule has 10 N–H and O–H groups in total. The van der Waals surface area contributed by atoms with Crippen molar-refractivity contribution < 1.29 is 75.7 Å². The van der Waals surface area contributed by atoms with Gasteiger partial charge in [-0.15, -0.1) is 0 Å². The molecule has 2 aromatic heterocycles. The molecule has 0 saturated carbocycles. The van der Waals surface area contributed by atoms with Crippen LogP contribution in [0.2, 0.25) is 0 Å². The van der Waals surface area contributed by atoms with Crippen LogP contribution in [-0.2, 0) is 45.9 Å². The number of carbonyl (C=O) groups is 2. The van der Waals surface area contributed by atoms with E-state index in [9.17, 15) is 53.1 Å². The van der Waals surface area contributed by atoms with E-state index < -0.39 is 78.6 Å². The van der Waals surface area contributed by atoms with E-state index in [0.717, 1.165) is 41.6 Å². The molecule has 354 valence electrons. The zero-order chi connectivity index (χ0) is 46.0. The second-order valence-electron chi connectivity index (χ2n) is 15.2. The van der Waals surface area contributed by atoms with Crippen LogP contribution in [0, 0.1) is 5.41 Å². The number of nitrogen functional groups attached to an aromatic ring is 1. The molecule has 2 aromatic rings. The van der Waals surface area contributed by atoms with E-state index in [1.807, 2.05) is 0 Å². The zero-order valence-corrected chi connectivity index (χ0v) is 38.6. The van der Waals surface area contributed by atoms with Gasteiger partial charge in [0.15, 0.2) is 17.7 Å². The number of nitrogens with two attached hydrogens (primary N) is 1. The van der Waals surface area contributed by atoms with Gasteiger partial charge in [-0.2, -0.15) is 16.1 Å². The number of nitrogens with zero attached hydrogens (tertiary/aromatic N) is 4. The Labute approximate surface area is 364 Å². The molecule has 1 saturated heterocycles. The maximum atomic E-state index is 12.7. The first-order chi connectivity index (χ1) is 29.2. The molecule has 7 atom stereocenters. The molecular weight excluding hydrogens is 899 g/mol. The highest BCUT2D eigenvalue weighted by Gasteiger charge is 2.50. The Morgan fingerprint density at radius 2 is 1.61 bits per heavy atom. The highest BCUT2D eigenvalue weighted by molar-refractivity contribution is 7.99. The van der Waals surface area contributed by atoms with E-state index in [-0.39, 0.29) is 35.9 Å². The number of amides is 2. The number of allylic oxidation sites excluding steroid dienone is 2. The van der Waals surface area contributed by atoms with Crippen LogP contribution in [0.25, 0.3) is 11.2 Å². The largest absolute Gasteiger partial charge is 0.481 e. The Morgan fingerprint density at radius 3 is 2.31 bits per heavy atom. The lowest BCUT2D eigenvalue weighted by Gasteiger charge is -2.30.